The SMILES string of the molecule is C[Si](C)(C)c1ccc2c(c1)N(c1ccccc1-c1ccccc1)c1cccc3c1B2c1ccc([Si](C)(C)C)cc1N3c1c(-c2ccccc2)ccc2c1C1(c3ccccc3-2)C2CC3CC(C2)C1C3. The lowest BCUT2D eigenvalue weighted by Gasteiger charge is -2.48. The van der Waals surface area contributed by atoms with Crippen LogP contribution in [0.5, 0.6) is 0 Å². The van der Waals surface area contributed by atoms with E-state index in [-0.39, 0.29) is 12.1 Å². The number of rotatable bonds is 6. The molecule has 0 aromatic heterocycles. The second-order valence-electron chi connectivity index (χ2n) is 23.3. The van der Waals surface area contributed by atoms with E-state index < -0.39 is 16.1 Å². The van der Waals surface area contributed by atoms with Crippen molar-refractivity contribution in [2.75, 3.05) is 9.80 Å². The van der Waals surface area contributed by atoms with Gasteiger partial charge in [0.15, 0.2) is 0 Å². The number of hydrogen-bond acceptors (Lipinski definition) is 2. The molecule has 2 aliphatic heterocycles. The predicted octanol–water partition coefficient (Wildman–Crippen LogP) is 13.5. The Kier molecular flexibility index (Phi) is 8.69. The number of para-hydroxylation sites is 1. The van der Waals surface area contributed by atoms with E-state index in [0.717, 1.165) is 11.8 Å². The standard InChI is InChI=1S/C63H59BN2Si2/c1-67(2,3)45-28-32-53-58(38-45)65(55-25-16-14-22-47(55)41-18-9-7-10-19-41)56-26-17-27-57-61(56)64(53)54-33-29-46(68(4,5)6)39-59(54)66(57)62-48(42-20-11-8-12-21-42)30-31-50-49-23-13-15-24-51(49)63(60(50)62)44-35-40-34-43(37-44)52(63)36-40/h7-33,38-40,43-44,52H,34-37H2,1-6H3. The molecule has 5 aliphatic carbocycles. The summed E-state index contributed by atoms with van der Waals surface area (Å²) in [6.45, 7) is 15.1. The maximum atomic E-state index is 2.85. The Morgan fingerprint density at radius 2 is 1.01 bits per heavy atom. The van der Waals surface area contributed by atoms with E-state index >= 15 is 0 Å². The van der Waals surface area contributed by atoms with Crippen molar-refractivity contribution in [1.82, 2.24) is 0 Å². The van der Waals surface area contributed by atoms with E-state index in [2.05, 4.69) is 225 Å². The minimum absolute atomic E-state index is 0.0214. The molecule has 4 bridgehead atoms. The summed E-state index contributed by atoms with van der Waals surface area (Å²) in [5, 5.41) is 3.00. The summed E-state index contributed by atoms with van der Waals surface area (Å²) in [5.41, 5.74) is 23.4. The average molecular weight is 911 g/mol. The highest BCUT2D eigenvalue weighted by molar-refractivity contribution is 7.01. The first-order chi connectivity index (χ1) is 33.0. The van der Waals surface area contributed by atoms with Crippen molar-refractivity contribution in [3.63, 3.8) is 0 Å². The van der Waals surface area contributed by atoms with E-state index in [0.29, 0.717) is 11.8 Å². The maximum absolute atomic E-state index is 2.85. The van der Waals surface area contributed by atoms with Crippen molar-refractivity contribution in [2.24, 2.45) is 23.7 Å². The fourth-order valence-electron chi connectivity index (χ4n) is 15.0. The molecule has 4 saturated carbocycles. The van der Waals surface area contributed by atoms with Crippen LogP contribution >= 0.6 is 0 Å². The van der Waals surface area contributed by atoms with Gasteiger partial charge in [0.05, 0.1) is 27.5 Å². The third-order valence-electron chi connectivity index (χ3n) is 17.7. The Labute approximate surface area is 405 Å². The van der Waals surface area contributed by atoms with Gasteiger partial charge in [0.1, 0.15) is 0 Å². The molecule has 8 aromatic carbocycles. The first kappa shape index (κ1) is 40.9. The van der Waals surface area contributed by atoms with Crippen LogP contribution in [-0.2, 0) is 5.41 Å². The first-order valence-electron chi connectivity index (χ1n) is 25.5. The largest absolute Gasteiger partial charge is 0.311 e. The third-order valence-corrected chi connectivity index (χ3v) is 21.8. The zero-order valence-corrected chi connectivity index (χ0v) is 42.4. The molecule has 5 atom stereocenters. The Morgan fingerprint density at radius 1 is 0.456 bits per heavy atom. The van der Waals surface area contributed by atoms with E-state index in [1.54, 1.807) is 11.1 Å². The Bertz CT molecular complexity index is 3380. The van der Waals surface area contributed by atoms with Gasteiger partial charge in [-0.1, -0.05) is 195 Å². The van der Waals surface area contributed by atoms with Crippen molar-refractivity contribution >= 4 is 83.7 Å². The smallest absolute Gasteiger partial charge is 0.252 e. The van der Waals surface area contributed by atoms with Crippen LogP contribution in [0.15, 0.2) is 176 Å². The van der Waals surface area contributed by atoms with Gasteiger partial charge < -0.3 is 9.80 Å². The zero-order valence-electron chi connectivity index (χ0n) is 40.4. The van der Waals surface area contributed by atoms with Gasteiger partial charge in [0.2, 0.25) is 0 Å². The quantitative estimate of drug-likeness (QED) is 0.153. The Balaban J connectivity index is 1.12. The highest BCUT2D eigenvalue weighted by atomic mass is 28.3. The first-order valence-corrected chi connectivity index (χ1v) is 32.5. The van der Waals surface area contributed by atoms with Crippen LogP contribution in [-0.4, -0.2) is 22.9 Å². The minimum Gasteiger partial charge on any atom is -0.311 e. The highest BCUT2D eigenvalue weighted by Gasteiger charge is 2.67. The maximum Gasteiger partial charge on any atom is 0.252 e. The van der Waals surface area contributed by atoms with E-state index in [4.69, 9.17) is 0 Å². The number of benzene rings is 8. The summed E-state index contributed by atoms with van der Waals surface area (Å²) in [6, 6.07) is 69.0. The van der Waals surface area contributed by atoms with Gasteiger partial charge in [0.25, 0.3) is 6.71 Å². The summed E-state index contributed by atoms with van der Waals surface area (Å²) in [6.07, 6.45) is 5.47. The van der Waals surface area contributed by atoms with E-state index in [1.807, 2.05) is 0 Å². The molecule has 332 valence electrons. The van der Waals surface area contributed by atoms with Crippen molar-refractivity contribution in [2.45, 2.75) is 70.4 Å². The minimum atomic E-state index is -1.77. The fraction of sp³-hybridized carbons (Fsp3) is 0.238. The molecular formula is C63H59BN2Si2. The van der Waals surface area contributed by atoms with Crippen molar-refractivity contribution in [3.8, 4) is 33.4 Å². The van der Waals surface area contributed by atoms with Gasteiger partial charge in [-0.2, -0.15) is 0 Å². The van der Waals surface area contributed by atoms with Crippen LogP contribution < -0.4 is 36.6 Å². The number of nitrogens with zero attached hydrogens (tertiary/aromatic N) is 2. The summed E-state index contributed by atoms with van der Waals surface area (Å²) in [5.74, 6) is 2.97. The van der Waals surface area contributed by atoms with Crippen LogP contribution in [0.3, 0.4) is 0 Å². The number of fused-ring (bicyclic) bond motifs is 7. The van der Waals surface area contributed by atoms with Crippen LogP contribution in [0.2, 0.25) is 39.3 Å². The van der Waals surface area contributed by atoms with Crippen molar-refractivity contribution < 1.29 is 0 Å². The Hall–Kier alpha value is -6.14. The molecule has 7 aliphatic rings. The molecule has 4 fully saturated rings. The lowest BCUT2D eigenvalue weighted by Crippen LogP contribution is -2.62. The highest BCUT2D eigenvalue weighted by Crippen LogP contribution is 2.75. The number of anilines is 6. The second kappa shape index (κ2) is 14.4. The topological polar surface area (TPSA) is 6.48 Å². The molecule has 0 N–H and O–H groups in total. The molecule has 0 amide bonds. The van der Waals surface area contributed by atoms with Crippen molar-refractivity contribution in [1.29, 1.82) is 0 Å². The molecule has 5 unspecified atom stereocenters. The summed E-state index contributed by atoms with van der Waals surface area (Å²) in [7, 11) is -3.48. The van der Waals surface area contributed by atoms with E-state index in [1.165, 1.54) is 120 Å². The average Bonchev–Trinajstić information content (AvgIpc) is 3.90. The molecule has 2 heterocycles. The molecule has 8 aromatic rings. The molecule has 0 saturated heterocycles. The van der Waals surface area contributed by atoms with Gasteiger partial charge in [-0.3, -0.25) is 0 Å². The molecule has 2 nitrogen and oxygen atoms in total. The normalized spacial score (nSPS) is 22.3. The van der Waals surface area contributed by atoms with Gasteiger partial charge in [-0.25, -0.2) is 0 Å². The zero-order chi connectivity index (χ0) is 45.8. The summed E-state index contributed by atoms with van der Waals surface area (Å²) >= 11 is 0. The van der Waals surface area contributed by atoms with Gasteiger partial charge >= 0.3 is 0 Å². The molecule has 68 heavy (non-hydrogen) atoms. The van der Waals surface area contributed by atoms with Crippen molar-refractivity contribution in [3.05, 3.63) is 187 Å². The third kappa shape index (κ3) is 5.58. The fourth-order valence-corrected chi connectivity index (χ4v) is 17.3. The monoisotopic (exact) mass is 910 g/mol. The van der Waals surface area contributed by atoms with Gasteiger partial charge in [0, 0.05) is 39.3 Å². The van der Waals surface area contributed by atoms with Gasteiger partial charge in [-0.05, 0) is 129 Å². The van der Waals surface area contributed by atoms with Crippen LogP contribution in [0.4, 0.5) is 34.1 Å². The lowest BCUT2D eigenvalue weighted by atomic mass is 9.33. The van der Waals surface area contributed by atoms with E-state index in [9.17, 15) is 0 Å². The van der Waals surface area contributed by atoms with Crippen LogP contribution in [0, 0.1) is 23.7 Å². The molecule has 5 heteroatoms. The predicted molar refractivity (Wildman–Crippen MR) is 296 cm³/mol. The second-order valence-corrected chi connectivity index (χ2v) is 33.4. The van der Waals surface area contributed by atoms with Crippen LogP contribution in [0.25, 0.3) is 33.4 Å². The Morgan fingerprint density at radius 3 is 1.68 bits per heavy atom. The lowest BCUT2D eigenvalue weighted by molar-refractivity contribution is 0.191. The molecule has 15 rings (SSSR count). The summed E-state index contributed by atoms with van der Waals surface area (Å²) in [4.78, 5) is 5.51. The molecular weight excluding hydrogens is 852 g/mol. The number of hydrogen-bond donors (Lipinski definition) is 0. The van der Waals surface area contributed by atoms with Gasteiger partial charge in [-0.15, -0.1) is 0 Å². The molecule has 0 radical (unpaired) electrons. The summed E-state index contributed by atoms with van der Waals surface area (Å²) < 4.78 is 0. The molecule has 1 spiro atoms. The van der Waals surface area contributed by atoms with Crippen LogP contribution in [0.1, 0.15) is 36.8 Å².